The van der Waals surface area contributed by atoms with Crippen molar-refractivity contribution in [2.45, 2.75) is 25.4 Å². The van der Waals surface area contributed by atoms with E-state index in [9.17, 15) is 5.11 Å². The number of thiophene rings is 1. The molecule has 3 heteroatoms. The minimum atomic E-state index is -0.260. The molecule has 16 heavy (non-hydrogen) atoms. The number of aliphatic hydroxyl groups excluding tert-OH is 1. The third-order valence-electron chi connectivity index (χ3n) is 2.52. The SMILES string of the molecule is OC(CCc1cccs1)Cc1ccncc1. The summed E-state index contributed by atoms with van der Waals surface area (Å²) in [5.74, 6) is 0. The first-order chi connectivity index (χ1) is 7.84. The predicted molar refractivity (Wildman–Crippen MR) is 66.6 cm³/mol. The van der Waals surface area contributed by atoms with Gasteiger partial charge in [0.2, 0.25) is 0 Å². The molecule has 2 aromatic rings. The molecule has 2 aromatic heterocycles. The quantitative estimate of drug-likeness (QED) is 0.861. The van der Waals surface area contributed by atoms with Gasteiger partial charge in [0.25, 0.3) is 0 Å². The van der Waals surface area contributed by atoms with Crippen molar-refractivity contribution in [2.75, 3.05) is 0 Å². The van der Waals surface area contributed by atoms with E-state index in [1.165, 1.54) is 4.88 Å². The molecule has 2 nitrogen and oxygen atoms in total. The first-order valence-electron chi connectivity index (χ1n) is 5.44. The van der Waals surface area contributed by atoms with Gasteiger partial charge in [0.1, 0.15) is 0 Å². The molecule has 1 atom stereocenters. The smallest absolute Gasteiger partial charge is 0.0584 e. The van der Waals surface area contributed by atoms with E-state index in [0.717, 1.165) is 18.4 Å². The summed E-state index contributed by atoms with van der Waals surface area (Å²) < 4.78 is 0. The van der Waals surface area contributed by atoms with E-state index in [1.807, 2.05) is 12.1 Å². The second-order valence-electron chi connectivity index (χ2n) is 3.83. The van der Waals surface area contributed by atoms with Gasteiger partial charge in [-0.05, 0) is 48.4 Å². The summed E-state index contributed by atoms with van der Waals surface area (Å²) in [7, 11) is 0. The van der Waals surface area contributed by atoms with E-state index < -0.39 is 0 Å². The molecule has 0 radical (unpaired) electrons. The van der Waals surface area contributed by atoms with E-state index in [0.29, 0.717) is 6.42 Å². The average molecular weight is 233 g/mol. The summed E-state index contributed by atoms with van der Waals surface area (Å²) in [5.41, 5.74) is 1.15. The fourth-order valence-electron chi connectivity index (χ4n) is 1.66. The molecule has 0 aliphatic heterocycles. The largest absolute Gasteiger partial charge is 0.393 e. The zero-order valence-corrected chi connectivity index (χ0v) is 9.86. The van der Waals surface area contributed by atoms with Gasteiger partial charge in [-0.25, -0.2) is 0 Å². The molecule has 2 rings (SSSR count). The molecule has 0 saturated heterocycles. The zero-order valence-electron chi connectivity index (χ0n) is 9.04. The lowest BCUT2D eigenvalue weighted by molar-refractivity contribution is 0.165. The van der Waals surface area contributed by atoms with Gasteiger partial charge in [0.05, 0.1) is 6.10 Å². The van der Waals surface area contributed by atoms with E-state index in [-0.39, 0.29) is 6.10 Å². The van der Waals surface area contributed by atoms with Crippen molar-refractivity contribution in [1.29, 1.82) is 0 Å². The monoisotopic (exact) mass is 233 g/mol. The van der Waals surface area contributed by atoms with Crippen LogP contribution in [0.15, 0.2) is 42.0 Å². The maximum atomic E-state index is 9.89. The van der Waals surface area contributed by atoms with Crippen LogP contribution in [0.1, 0.15) is 16.9 Å². The molecule has 1 N–H and O–H groups in total. The van der Waals surface area contributed by atoms with Crippen molar-refractivity contribution in [3.8, 4) is 0 Å². The lowest BCUT2D eigenvalue weighted by Gasteiger charge is -2.09. The van der Waals surface area contributed by atoms with Crippen molar-refractivity contribution in [1.82, 2.24) is 4.98 Å². The van der Waals surface area contributed by atoms with Gasteiger partial charge in [-0.15, -0.1) is 11.3 Å². The lowest BCUT2D eigenvalue weighted by atomic mass is 10.1. The van der Waals surface area contributed by atoms with Crippen LogP contribution < -0.4 is 0 Å². The highest BCUT2D eigenvalue weighted by atomic mass is 32.1. The Morgan fingerprint density at radius 2 is 2.06 bits per heavy atom. The van der Waals surface area contributed by atoms with E-state index in [2.05, 4.69) is 22.5 Å². The minimum absolute atomic E-state index is 0.260. The molecule has 2 heterocycles. The van der Waals surface area contributed by atoms with Crippen LogP contribution in [0.25, 0.3) is 0 Å². The van der Waals surface area contributed by atoms with Crippen molar-refractivity contribution in [3.05, 3.63) is 52.5 Å². The highest BCUT2D eigenvalue weighted by molar-refractivity contribution is 7.09. The normalized spacial score (nSPS) is 12.6. The maximum Gasteiger partial charge on any atom is 0.0584 e. The number of aliphatic hydroxyl groups is 1. The standard InChI is InChI=1S/C13H15NOS/c15-12(3-4-13-2-1-9-16-13)10-11-5-7-14-8-6-11/h1-2,5-9,12,15H,3-4,10H2. The molecule has 84 valence electrons. The molecule has 0 saturated carbocycles. The Kier molecular flexibility index (Phi) is 4.08. The molecular weight excluding hydrogens is 218 g/mol. The topological polar surface area (TPSA) is 33.1 Å². The van der Waals surface area contributed by atoms with Gasteiger partial charge < -0.3 is 5.11 Å². The number of hydrogen-bond donors (Lipinski definition) is 1. The van der Waals surface area contributed by atoms with Crippen molar-refractivity contribution < 1.29 is 5.11 Å². The number of aryl methyl sites for hydroxylation is 1. The molecule has 0 amide bonds. The summed E-state index contributed by atoms with van der Waals surface area (Å²) in [6.07, 6.45) is 5.77. The van der Waals surface area contributed by atoms with Crippen LogP contribution in [0, 0.1) is 0 Å². The summed E-state index contributed by atoms with van der Waals surface area (Å²) in [5, 5.41) is 12.0. The van der Waals surface area contributed by atoms with Gasteiger partial charge >= 0.3 is 0 Å². The first-order valence-corrected chi connectivity index (χ1v) is 6.32. The predicted octanol–water partition coefficient (Wildman–Crippen LogP) is 2.68. The van der Waals surface area contributed by atoms with Crippen molar-refractivity contribution in [3.63, 3.8) is 0 Å². The first kappa shape index (κ1) is 11.3. The number of rotatable bonds is 5. The molecule has 1 unspecified atom stereocenters. The van der Waals surface area contributed by atoms with Gasteiger partial charge in [0.15, 0.2) is 0 Å². The fraction of sp³-hybridized carbons (Fsp3) is 0.308. The lowest BCUT2D eigenvalue weighted by Crippen LogP contribution is -2.11. The molecule has 0 bridgehead atoms. The number of hydrogen-bond acceptors (Lipinski definition) is 3. The van der Waals surface area contributed by atoms with Crippen LogP contribution in [0.4, 0.5) is 0 Å². The van der Waals surface area contributed by atoms with Gasteiger partial charge in [0, 0.05) is 17.3 Å². The third kappa shape index (κ3) is 3.43. The van der Waals surface area contributed by atoms with Crippen LogP contribution in [0.5, 0.6) is 0 Å². The van der Waals surface area contributed by atoms with Crippen LogP contribution in [-0.2, 0) is 12.8 Å². The van der Waals surface area contributed by atoms with Crippen molar-refractivity contribution in [2.24, 2.45) is 0 Å². The van der Waals surface area contributed by atoms with Crippen LogP contribution in [-0.4, -0.2) is 16.2 Å². The molecule has 0 spiro atoms. The molecule has 0 aliphatic rings. The van der Waals surface area contributed by atoms with Crippen LogP contribution in [0.3, 0.4) is 0 Å². The van der Waals surface area contributed by atoms with E-state index >= 15 is 0 Å². The highest BCUT2D eigenvalue weighted by Gasteiger charge is 2.06. The number of aromatic nitrogens is 1. The molecule has 0 fully saturated rings. The highest BCUT2D eigenvalue weighted by Crippen LogP contribution is 2.13. The molecule has 0 aromatic carbocycles. The summed E-state index contributed by atoms with van der Waals surface area (Å²) in [4.78, 5) is 5.30. The number of nitrogens with zero attached hydrogens (tertiary/aromatic N) is 1. The average Bonchev–Trinajstić information content (AvgIpc) is 2.81. The Labute approximate surface area is 99.6 Å². The summed E-state index contributed by atoms with van der Waals surface area (Å²) in [6.45, 7) is 0. The second kappa shape index (κ2) is 5.77. The van der Waals surface area contributed by atoms with Crippen molar-refractivity contribution >= 4 is 11.3 Å². The Hall–Kier alpha value is -1.19. The molecular formula is C13H15NOS. The fourth-order valence-corrected chi connectivity index (χ4v) is 2.38. The Morgan fingerprint density at radius 1 is 1.25 bits per heavy atom. The second-order valence-corrected chi connectivity index (χ2v) is 4.86. The van der Waals surface area contributed by atoms with E-state index in [1.54, 1.807) is 23.7 Å². The van der Waals surface area contributed by atoms with Gasteiger partial charge in [-0.1, -0.05) is 6.07 Å². The van der Waals surface area contributed by atoms with Gasteiger partial charge in [-0.3, -0.25) is 4.98 Å². The third-order valence-corrected chi connectivity index (χ3v) is 3.46. The zero-order chi connectivity index (χ0) is 11.2. The Balaban J connectivity index is 1.78. The Bertz CT molecular complexity index is 399. The summed E-state index contributed by atoms with van der Waals surface area (Å²) >= 11 is 1.75. The van der Waals surface area contributed by atoms with Crippen LogP contribution >= 0.6 is 11.3 Å². The van der Waals surface area contributed by atoms with E-state index in [4.69, 9.17) is 0 Å². The molecule has 0 aliphatic carbocycles. The Morgan fingerprint density at radius 3 is 2.75 bits per heavy atom. The maximum absolute atomic E-state index is 9.89. The van der Waals surface area contributed by atoms with Crippen LogP contribution in [0.2, 0.25) is 0 Å². The van der Waals surface area contributed by atoms with Gasteiger partial charge in [-0.2, -0.15) is 0 Å². The minimum Gasteiger partial charge on any atom is -0.393 e. The summed E-state index contributed by atoms with van der Waals surface area (Å²) in [6, 6.07) is 8.07. The number of pyridine rings is 1.